The Morgan fingerprint density at radius 1 is 1.10 bits per heavy atom. The van der Waals surface area contributed by atoms with Gasteiger partial charge in [0.25, 0.3) is 0 Å². The van der Waals surface area contributed by atoms with Gasteiger partial charge in [-0.3, -0.25) is 4.79 Å². The first kappa shape index (κ1) is 22.6. The molecule has 0 bridgehead atoms. The Labute approximate surface area is 180 Å². The molecule has 3 rings (SSSR count). The fourth-order valence-electron chi connectivity index (χ4n) is 4.53. The molecular weight excluding hydrogens is 382 g/mol. The van der Waals surface area contributed by atoms with Crippen molar-refractivity contribution in [2.75, 3.05) is 46.9 Å². The molecule has 0 aromatic heterocycles. The van der Waals surface area contributed by atoms with E-state index in [9.17, 15) is 4.79 Å². The third-order valence-electron chi connectivity index (χ3n) is 6.22. The predicted molar refractivity (Wildman–Crippen MR) is 120 cm³/mol. The van der Waals surface area contributed by atoms with E-state index in [1.807, 2.05) is 16.8 Å². The van der Waals surface area contributed by atoms with E-state index < -0.39 is 0 Å². The van der Waals surface area contributed by atoms with Crippen molar-refractivity contribution in [1.29, 1.82) is 0 Å². The summed E-state index contributed by atoms with van der Waals surface area (Å²) in [4.78, 5) is 18.1. The molecule has 0 saturated carbocycles. The van der Waals surface area contributed by atoms with Crippen LogP contribution in [0.4, 0.5) is 0 Å². The van der Waals surface area contributed by atoms with Crippen molar-refractivity contribution >= 4 is 17.9 Å². The van der Waals surface area contributed by atoms with Gasteiger partial charge in [-0.25, -0.2) is 4.31 Å². The molecule has 2 aliphatic rings. The van der Waals surface area contributed by atoms with Crippen LogP contribution in [-0.4, -0.2) is 79.0 Å². The summed E-state index contributed by atoms with van der Waals surface area (Å²) in [5, 5.41) is 0. The molecule has 0 spiro atoms. The van der Waals surface area contributed by atoms with Crippen molar-refractivity contribution in [3.05, 3.63) is 28.8 Å². The lowest BCUT2D eigenvalue weighted by molar-refractivity contribution is -0.138. The van der Waals surface area contributed by atoms with Gasteiger partial charge in [0.05, 0.1) is 6.61 Å². The highest BCUT2D eigenvalue weighted by molar-refractivity contribution is 7.97. The molecule has 0 radical (unpaired) electrons. The van der Waals surface area contributed by atoms with Crippen LogP contribution in [0.3, 0.4) is 0 Å². The smallest absolute Gasteiger partial charge is 0.248 e. The van der Waals surface area contributed by atoms with Crippen molar-refractivity contribution in [1.82, 2.24) is 14.1 Å². The number of ether oxygens (including phenoxy) is 1. The van der Waals surface area contributed by atoms with Crippen LogP contribution >= 0.6 is 11.9 Å². The van der Waals surface area contributed by atoms with E-state index in [0.717, 1.165) is 38.9 Å². The van der Waals surface area contributed by atoms with E-state index in [1.165, 1.54) is 28.0 Å². The van der Waals surface area contributed by atoms with Crippen molar-refractivity contribution < 1.29 is 9.53 Å². The second-order valence-electron chi connectivity index (χ2n) is 8.85. The quantitative estimate of drug-likeness (QED) is 0.631. The van der Waals surface area contributed by atoms with Gasteiger partial charge >= 0.3 is 0 Å². The number of carbonyl (C=O) groups is 1. The number of piperidine rings is 1. The Balaban J connectivity index is 1.45. The molecule has 1 amide bonds. The molecule has 0 N–H and O–H groups in total. The summed E-state index contributed by atoms with van der Waals surface area (Å²) in [6, 6.07) is 5.49. The van der Waals surface area contributed by atoms with Crippen LogP contribution in [0.25, 0.3) is 0 Å². The van der Waals surface area contributed by atoms with Crippen LogP contribution in [0.15, 0.2) is 17.0 Å². The summed E-state index contributed by atoms with van der Waals surface area (Å²) in [5.74, 6) is 0.143. The summed E-state index contributed by atoms with van der Waals surface area (Å²) in [5.41, 5.74) is 4.00. The fraction of sp³-hybridized carbons (Fsp3) is 0.696. The highest BCUT2D eigenvalue weighted by Crippen LogP contribution is 2.35. The van der Waals surface area contributed by atoms with E-state index in [2.05, 4.69) is 56.2 Å². The summed E-state index contributed by atoms with van der Waals surface area (Å²) in [7, 11) is 4.24. The molecule has 2 fully saturated rings. The Bertz CT molecular complexity index is 678. The van der Waals surface area contributed by atoms with E-state index in [0.29, 0.717) is 18.7 Å². The Hall–Kier alpha value is -1.08. The van der Waals surface area contributed by atoms with Crippen molar-refractivity contribution in [3.8, 4) is 0 Å². The first-order chi connectivity index (χ1) is 13.8. The van der Waals surface area contributed by atoms with E-state index in [4.69, 9.17) is 4.74 Å². The van der Waals surface area contributed by atoms with E-state index in [1.54, 1.807) is 0 Å². The zero-order valence-corrected chi connectivity index (χ0v) is 19.6. The highest BCUT2D eigenvalue weighted by Gasteiger charge is 2.28. The average molecular weight is 420 g/mol. The summed E-state index contributed by atoms with van der Waals surface area (Å²) in [6.07, 6.45) is 4.44. The van der Waals surface area contributed by atoms with Gasteiger partial charge in [-0.1, -0.05) is 17.7 Å². The maximum Gasteiger partial charge on any atom is 0.248 e. The number of hydrogen-bond donors (Lipinski definition) is 0. The first-order valence-electron chi connectivity index (χ1n) is 10.9. The fourth-order valence-corrected chi connectivity index (χ4v) is 5.71. The third-order valence-corrected chi connectivity index (χ3v) is 7.76. The lowest BCUT2D eigenvalue weighted by Crippen LogP contribution is -2.45. The Morgan fingerprint density at radius 3 is 2.38 bits per heavy atom. The summed E-state index contributed by atoms with van der Waals surface area (Å²) >= 11 is 1.86. The van der Waals surface area contributed by atoms with Gasteiger partial charge in [-0.15, -0.1) is 0 Å². The van der Waals surface area contributed by atoms with Gasteiger partial charge < -0.3 is 14.5 Å². The molecule has 29 heavy (non-hydrogen) atoms. The van der Waals surface area contributed by atoms with Crippen LogP contribution in [0.1, 0.15) is 42.4 Å². The van der Waals surface area contributed by atoms with Crippen LogP contribution in [-0.2, 0) is 9.53 Å². The topological polar surface area (TPSA) is 36.0 Å². The molecule has 1 aromatic carbocycles. The van der Waals surface area contributed by atoms with Gasteiger partial charge in [0.1, 0.15) is 6.61 Å². The molecule has 2 aliphatic heterocycles. The van der Waals surface area contributed by atoms with E-state index in [-0.39, 0.29) is 12.5 Å². The molecule has 2 saturated heterocycles. The lowest BCUT2D eigenvalue weighted by atomic mass is 10.0. The zero-order valence-electron chi connectivity index (χ0n) is 18.7. The standard InChI is InChI=1S/C23H37N3O2S/c1-17-13-18(2)23(19(3)14-17)29-26-10-6-7-21(26)15-28-16-22(27)25-11-8-20(9-12-25)24(4)5/h13-14,20-21H,6-12,15-16H2,1-5H3. The van der Waals surface area contributed by atoms with Gasteiger partial charge in [0, 0.05) is 36.6 Å². The van der Waals surface area contributed by atoms with Crippen molar-refractivity contribution in [2.45, 2.75) is 63.4 Å². The summed E-state index contributed by atoms with van der Waals surface area (Å²) in [6.45, 7) is 10.2. The number of nitrogens with zero attached hydrogens (tertiary/aromatic N) is 3. The number of likely N-dealkylation sites (tertiary alicyclic amines) is 1. The molecule has 0 aliphatic carbocycles. The molecule has 1 unspecified atom stereocenters. The zero-order chi connectivity index (χ0) is 21.0. The van der Waals surface area contributed by atoms with E-state index >= 15 is 0 Å². The number of carbonyl (C=O) groups excluding carboxylic acids is 1. The highest BCUT2D eigenvalue weighted by atomic mass is 32.2. The molecule has 2 heterocycles. The van der Waals surface area contributed by atoms with Gasteiger partial charge in [0.2, 0.25) is 5.91 Å². The van der Waals surface area contributed by atoms with Crippen molar-refractivity contribution in [3.63, 3.8) is 0 Å². The minimum absolute atomic E-state index is 0.143. The van der Waals surface area contributed by atoms with Gasteiger partial charge in [-0.2, -0.15) is 0 Å². The lowest BCUT2D eigenvalue weighted by Gasteiger charge is -2.35. The normalized spacial score (nSPS) is 21.3. The minimum atomic E-state index is 0.143. The maximum absolute atomic E-state index is 12.5. The SMILES string of the molecule is Cc1cc(C)c(SN2CCCC2COCC(=O)N2CCC(N(C)C)CC2)c(C)c1. The van der Waals surface area contributed by atoms with Gasteiger partial charge in [-0.05, 0) is 83.6 Å². The monoisotopic (exact) mass is 419 g/mol. The number of rotatable bonds is 7. The molecule has 5 nitrogen and oxygen atoms in total. The number of amides is 1. The molecular formula is C23H37N3O2S. The maximum atomic E-state index is 12.5. The second kappa shape index (κ2) is 10.3. The first-order valence-corrected chi connectivity index (χ1v) is 11.7. The number of hydrogen-bond acceptors (Lipinski definition) is 5. The Kier molecular flexibility index (Phi) is 8.02. The predicted octanol–water partition coefficient (Wildman–Crippen LogP) is 3.65. The molecule has 6 heteroatoms. The van der Waals surface area contributed by atoms with Crippen molar-refractivity contribution in [2.24, 2.45) is 0 Å². The largest absolute Gasteiger partial charge is 0.370 e. The molecule has 162 valence electrons. The third kappa shape index (κ3) is 5.97. The number of aryl methyl sites for hydroxylation is 3. The van der Waals surface area contributed by atoms with Crippen LogP contribution < -0.4 is 0 Å². The molecule has 1 aromatic rings. The molecule has 1 atom stereocenters. The van der Waals surface area contributed by atoms with Crippen LogP contribution in [0, 0.1) is 20.8 Å². The number of benzene rings is 1. The van der Waals surface area contributed by atoms with Crippen LogP contribution in [0.2, 0.25) is 0 Å². The average Bonchev–Trinajstić information content (AvgIpc) is 3.11. The summed E-state index contributed by atoms with van der Waals surface area (Å²) < 4.78 is 8.35. The van der Waals surface area contributed by atoms with Gasteiger partial charge in [0.15, 0.2) is 0 Å². The van der Waals surface area contributed by atoms with Crippen LogP contribution in [0.5, 0.6) is 0 Å². The second-order valence-corrected chi connectivity index (χ2v) is 9.91. The Morgan fingerprint density at radius 2 is 1.76 bits per heavy atom. The minimum Gasteiger partial charge on any atom is -0.370 e.